The summed E-state index contributed by atoms with van der Waals surface area (Å²) in [5.74, 6) is -0.380. The van der Waals surface area contributed by atoms with Crippen LogP contribution in [0.15, 0.2) is 18.2 Å². The summed E-state index contributed by atoms with van der Waals surface area (Å²) in [7, 11) is 0. The van der Waals surface area contributed by atoms with Crippen molar-refractivity contribution < 1.29 is 14.7 Å². The number of hydrogen-bond donors (Lipinski definition) is 1. The molecule has 0 saturated carbocycles. The zero-order valence-electron chi connectivity index (χ0n) is 12.2. The van der Waals surface area contributed by atoms with Crippen molar-refractivity contribution in [1.29, 1.82) is 0 Å². The maximum atomic E-state index is 11.5. The van der Waals surface area contributed by atoms with Crippen LogP contribution in [-0.4, -0.2) is 27.8 Å². The largest absolute Gasteiger partial charge is 0.480 e. The highest BCUT2D eigenvalue weighted by Gasteiger charge is 2.31. The predicted molar refractivity (Wildman–Crippen MR) is 76.6 cm³/mol. The lowest BCUT2D eigenvalue weighted by Gasteiger charge is -2.25. The van der Waals surface area contributed by atoms with Gasteiger partial charge >= 0.3 is 5.97 Å². The second-order valence-corrected chi connectivity index (χ2v) is 5.93. The van der Waals surface area contributed by atoms with Crippen LogP contribution in [0.1, 0.15) is 48.7 Å². The highest BCUT2D eigenvalue weighted by atomic mass is 16.4. The van der Waals surface area contributed by atoms with Gasteiger partial charge in [0, 0.05) is 18.7 Å². The summed E-state index contributed by atoms with van der Waals surface area (Å²) in [5, 5.41) is 9.41. The zero-order chi connectivity index (χ0) is 14.9. The molecule has 1 unspecified atom stereocenters. The lowest BCUT2D eigenvalue weighted by Crippen LogP contribution is -2.38. The molecule has 1 N–H and O–H groups in total. The zero-order valence-corrected chi connectivity index (χ0v) is 12.2. The van der Waals surface area contributed by atoms with Gasteiger partial charge in [-0.2, -0.15) is 0 Å². The molecule has 108 valence electrons. The minimum absolute atomic E-state index is 0.0446. The molecule has 20 heavy (non-hydrogen) atoms. The smallest absolute Gasteiger partial charge is 0.320 e. The number of carboxylic acids is 1. The highest BCUT2D eigenvalue weighted by Crippen LogP contribution is 2.27. The van der Waals surface area contributed by atoms with E-state index in [9.17, 15) is 14.7 Å². The Bertz CT molecular complexity index is 537. The maximum absolute atomic E-state index is 11.5. The lowest BCUT2D eigenvalue weighted by atomic mass is 10.0. The number of carboxylic acid groups (broad SMARTS) is 1. The number of benzene rings is 1. The van der Waals surface area contributed by atoms with E-state index in [1.54, 1.807) is 6.92 Å². The number of carbonyl (C=O) groups is 2. The number of nitrogens with zero attached hydrogens (tertiary/aromatic N) is 1. The molecule has 0 saturated heterocycles. The van der Waals surface area contributed by atoms with E-state index < -0.39 is 12.0 Å². The second-order valence-electron chi connectivity index (χ2n) is 5.93. The molecule has 0 aromatic heterocycles. The summed E-state index contributed by atoms with van der Waals surface area (Å²) in [4.78, 5) is 24.8. The summed E-state index contributed by atoms with van der Waals surface area (Å²) in [6, 6.07) is 5.21. The van der Waals surface area contributed by atoms with E-state index in [2.05, 4.69) is 0 Å². The van der Waals surface area contributed by atoms with Crippen molar-refractivity contribution in [2.75, 3.05) is 0 Å². The van der Waals surface area contributed by atoms with Crippen molar-refractivity contribution in [2.45, 2.75) is 46.3 Å². The topological polar surface area (TPSA) is 57.6 Å². The first-order valence-electron chi connectivity index (χ1n) is 6.98. The van der Waals surface area contributed by atoms with Crippen LogP contribution in [0.3, 0.4) is 0 Å². The first-order chi connectivity index (χ1) is 9.38. The summed E-state index contributed by atoms with van der Waals surface area (Å²) in [5.41, 5.74) is 2.90. The number of rotatable bonds is 5. The molecule has 4 heteroatoms. The third-order valence-corrected chi connectivity index (χ3v) is 3.78. The quantitative estimate of drug-likeness (QED) is 0.839. The molecule has 0 amide bonds. The molecule has 0 bridgehead atoms. The number of hydrogen-bond acceptors (Lipinski definition) is 3. The van der Waals surface area contributed by atoms with Crippen molar-refractivity contribution in [3.63, 3.8) is 0 Å². The minimum Gasteiger partial charge on any atom is -0.480 e. The van der Waals surface area contributed by atoms with Gasteiger partial charge in [0.15, 0.2) is 5.78 Å². The van der Waals surface area contributed by atoms with Crippen LogP contribution in [0.5, 0.6) is 0 Å². The minimum atomic E-state index is -0.765. The van der Waals surface area contributed by atoms with Gasteiger partial charge in [-0.05, 0) is 36.5 Å². The molecule has 0 fully saturated rings. The Labute approximate surface area is 119 Å². The Morgan fingerprint density at radius 1 is 1.25 bits per heavy atom. The summed E-state index contributed by atoms with van der Waals surface area (Å²) < 4.78 is 0. The molecule has 1 aliphatic rings. The maximum Gasteiger partial charge on any atom is 0.320 e. The Morgan fingerprint density at radius 3 is 2.45 bits per heavy atom. The molecule has 0 radical (unpaired) electrons. The molecule has 1 aliphatic heterocycles. The van der Waals surface area contributed by atoms with Gasteiger partial charge in [-0.1, -0.05) is 26.0 Å². The van der Waals surface area contributed by atoms with Crippen LogP contribution in [0, 0.1) is 5.92 Å². The van der Waals surface area contributed by atoms with Crippen molar-refractivity contribution in [1.82, 2.24) is 4.90 Å². The number of Topliss-reactive ketones (excluding diaryl/α,β-unsaturated/α-hetero) is 1. The van der Waals surface area contributed by atoms with Crippen LogP contribution in [0.4, 0.5) is 0 Å². The molecule has 4 nitrogen and oxygen atoms in total. The standard InChI is InChI=1S/C16H21NO3/c1-10(2)6-15(16(19)20)17-8-13-5-4-12(11(3)18)7-14(13)9-17/h4-5,7,10,15H,6,8-9H2,1-3H3,(H,19,20). The van der Waals surface area contributed by atoms with Gasteiger partial charge in [0.05, 0.1) is 0 Å². The number of fused-ring (bicyclic) bond motifs is 1. The van der Waals surface area contributed by atoms with Crippen LogP contribution < -0.4 is 0 Å². The van der Waals surface area contributed by atoms with E-state index in [0.29, 0.717) is 31.0 Å². The van der Waals surface area contributed by atoms with Crippen LogP contribution in [0.2, 0.25) is 0 Å². The molecule has 0 spiro atoms. The average Bonchev–Trinajstić information content (AvgIpc) is 2.77. The first-order valence-corrected chi connectivity index (χ1v) is 6.98. The fourth-order valence-electron chi connectivity index (χ4n) is 2.71. The van der Waals surface area contributed by atoms with Crippen LogP contribution >= 0.6 is 0 Å². The Kier molecular flexibility index (Phi) is 4.23. The third kappa shape index (κ3) is 3.07. The number of ketones is 1. The van der Waals surface area contributed by atoms with Crippen molar-refractivity contribution in [3.8, 4) is 0 Å². The Balaban J connectivity index is 2.18. The second kappa shape index (κ2) is 5.75. The van der Waals surface area contributed by atoms with E-state index in [0.717, 1.165) is 11.1 Å². The molecule has 1 heterocycles. The van der Waals surface area contributed by atoms with Gasteiger partial charge in [-0.25, -0.2) is 0 Å². The molecule has 0 aliphatic carbocycles. The highest BCUT2D eigenvalue weighted by molar-refractivity contribution is 5.94. The van der Waals surface area contributed by atoms with E-state index >= 15 is 0 Å². The van der Waals surface area contributed by atoms with Gasteiger partial charge < -0.3 is 5.11 Å². The summed E-state index contributed by atoms with van der Waals surface area (Å²) in [6.45, 7) is 6.88. The van der Waals surface area contributed by atoms with Gasteiger partial charge in [0.2, 0.25) is 0 Å². The molecular formula is C16H21NO3. The van der Waals surface area contributed by atoms with E-state index in [4.69, 9.17) is 0 Å². The first kappa shape index (κ1) is 14.7. The summed E-state index contributed by atoms with van der Waals surface area (Å²) >= 11 is 0. The van der Waals surface area contributed by atoms with Crippen molar-refractivity contribution in [3.05, 3.63) is 34.9 Å². The number of aliphatic carboxylic acids is 1. The Morgan fingerprint density at radius 2 is 1.90 bits per heavy atom. The molecule has 1 aromatic rings. The molecule has 2 rings (SSSR count). The van der Waals surface area contributed by atoms with E-state index in [1.807, 2.05) is 36.9 Å². The molecular weight excluding hydrogens is 254 g/mol. The van der Waals surface area contributed by atoms with Crippen molar-refractivity contribution in [2.24, 2.45) is 5.92 Å². The monoisotopic (exact) mass is 275 g/mol. The molecule has 1 aromatic carbocycles. The van der Waals surface area contributed by atoms with E-state index in [-0.39, 0.29) is 5.78 Å². The van der Waals surface area contributed by atoms with Crippen molar-refractivity contribution >= 4 is 11.8 Å². The van der Waals surface area contributed by atoms with Gasteiger partial charge in [-0.3, -0.25) is 14.5 Å². The van der Waals surface area contributed by atoms with Gasteiger partial charge in [-0.15, -0.1) is 0 Å². The van der Waals surface area contributed by atoms with Crippen LogP contribution in [0.25, 0.3) is 0 Å². The van der Waals surface area contributed by atoms with Crippen LogP contribution in [-0.2, 0) is 17.9 Å². The van der Waals surface area contributed by atoms with Gasteiger partial charge in [0.1, 0.15) is 6.04 Å². The summed E-state index contributed by atoms with van der Waals surface area (Å²) in [6.07, 6.45) is 0.642. The SMILES string of the molecule is CC(=O)c1ccc2c(c1)CN(C(CC(C)C)C(=O)O)C2. The normalized spacial score (nSPS) is 16.2. The molecule has 1 atom stereocenters. The lowest BCUT2D eigenvalue weighted by molar-refractivity contribution is -0.144. The van der Waals surface area contributed by atoms with Gasteiger partial charge in [0.25, 0.3) is 0 Å². The predicted octanol–water partition coefficient (Wildman–Crippen LogP) is 2.70. The third-order valence-electron chi connectivity index (χ3n) is 3.78. The number of carbonyl (C=O) groups excluding carboxylic acids is 1. The fraction of sp³-hybridized carbons (Fsp3) is 0.500. The fourth-order valence-corrected chi connectivity index (χ4v) is 2.71. The van der Waals surface area contributed by atoms with E-state index in [1.165, 1.54) is 0 Å². The Hall–Kier alpha value is -1.68. The average molecular weight is 275 g/mol.